The first-order valence-electron chi connectivity index (χ1n) is 6.01. The Morgan fingerprint density at radius 3 is 2.67 bits per heavy atom. The summed E-state index contributed by atoms with van der Waals surface area (Å²) < 4.78 is 0. The highest BCUT2D eigenvalue weighted by Crippen LogP contribution is 2.10. The van der Waals surface area contributed by atoms with Crippen molar-refractivity contribution < 1.29 is 4.79 Å². The van der Waals surface area contributed by atoms with Crippen LogP contribution in [0.5, 0.6) is 0 Å². The van der Waals surface area contributed by atoms with Gasteiger partial charge in [0.15, 0.2) is 0 Å². The lowest BCUT2D eigenvalue weighted by Gasteiger charge is -2.22. The summed E-state index contributed by atoms with van der Waals surface area (Å²) >= 11 is 5.80. The maximum absolute atomic E-state index is 11.8. The van der Waals surface area contributed by atoms with Crippen LogP contribution in [0.15, 0.2) is 24.3 Å². The smallest absolute Gasteiger partial charge is 0.237 e. The van der Waals surface area contributed by atoms with Crippen molar-refractivity contribution in [3.05, 3.63) is 34.9 Å². The van der Waals surface area contributed by atoms with Crippen molar-refractivity contribution >= 4 is 29.9 Å². The zero-order chi connectivity index (χ0) is 12.1. The summed E-state index contributed by atoms with van der Waals surface area (Å²) in [5.41, 5.74) is 1.07. The Morgan fingerprint density at radius 2 is 2.06 bits per heavy atom. The van der Waals surface area contributed by atoms with E-state index in [4.69, 9.17) is 11.6 Å². The Morgan fingerprint density at radius 1 is 1.33 bits per heavy atom. The van der Waals surface area contributed by atoms with E-state index < -0.39 is 0 Å². The van der Waals surface area contributed by atoms with E-state index in [0.717, 1.165) is 24.9 Å². The molecule has 1 aliphatic heterocycles. The van der Waals surface area contributed by atoms with E-state index in [1.165, 1.54) is 6.42 Å². The van der Waals surface area contributed by atoms with E-state index in [0.29, 0.717) is 11.6 Å². The molecule has 1 heterocycles. The first kappa shape index (κ1) is 15.3. The monoisotopic (exact) mass is 288 g/mol. The van der Waals surface area contributed by atoms with Crippen molar-refractivity contribution in [2.75, 3.05) is 6.54 Å². The molecule has 2 N–H and O–H groups in total. The lowest BCUT2D eigenvalue weighted by atomic mass is 10.0. The van der Waals surface area contributed by atoms with Gasteiger partial charge in [0.1, 0.15) is 0 Å². The number of rotatable bonds is 3. The van der Waals surface area contributed by atoms with E-state index in [9.17, 15) is 4.79 Å². The number of hydrogen-bond acceptors (Lipinski definition) is 2. The van der Waals surface area contributed by atoms with Crippen LogP contribution in [0.4, 0.5) is 0 Å². The average Bonchev–Trinajstić information content (AvgIpc) is 2.39. The first-order chi connectivity index (χ1) is 8.25. The molecule has 1 atom stereocenters. The molecule has 1 aliphatic rings. The van der Waals surface area contributed by atoms with Gasteiger partial charge >= 0.3 is 0 Å². The van der Waals surface area contributed by atoms with Crippen LogP contribution in [0.1, 0.15) is 24.8 Å². The molecule has 0 aromatic heterocycles. The number of nitrogens with one attached hydrogen (secondary N) is 2. The minimum Gasteiger partial charge on any atom is -0.351 e. The Hall–Kier alpha value is -0.770. The minimum absolute atomic E-state index is 0. The summed E-state index contributed by atoms with van der Waals surface area (Å²) in [5, 5.41) is 6.89. The fraction of sp³-hybridized carbons (Fsp3) is 0.462. The summed E-state index contributed by atoms with van der Waals surface area (Å²) in [4.78, 5) is 11.8. The van der Waals surface area contributed by atoms with Gasteiger partial charge in [-0.05, 0) is 37.1 Å². The number of halogens is 2. The molecule has 0 bridgehead atoms. The van der Waals surface area contributed by atoms with Crippen LogP contribution in [0.3, 0.4) is 0 Å². The van der Waals surface area contributed by atoms with Crippen molar-refractivity contribution in [2.45, 2.75) is 31.8 Å². The molecule has 0 aliphatic carbocycles. The average molecular weight is 289 g/mol. The van der Waals surface area contributed by atoms with Gasteiger partial charge in [0.05, 0.1) is 6.04 Å². The van der Waals surface area contributed by atoms with E-state index in [2.05, 4.69) is 10.6 Å². The van der Waals surface area contributed by atoms with Gasteiger partial charge in [0.2, 0.25) is 5.91 Å². The summed E-state index contributed by atoms with van der Waals surface area (Å²) in [5.74, 6) is 0.0969. The third-order valence-electron chi connectivity index (χ3n) is 3.01. The maximum Gasteiger partial charge on any atom is 0.237 e. The number of hydrogen-bond donors (Lipinski definition) is 2. The van der Waals surface area contributed by atoms with Crippen molar-refractivity contribution in [3.63, 3.8) is 0 Å². The highest BCUT2D eigenvalue weighted by molar-refractivity contribution is 6.30. The zero-order valence-corrected chi connectivity index (χ0v) is 11.7. The fourth-order valence-electron chi connectivity index (χ4n) is 1.99. The van der Waals surface area contributed by atoms with Gasteiger partial charge in [-0.25, -0.2) is 0 Å². The Kier molecular flexibility index (Phi) is 6.47. The van der Waals surface area contributed by atoms with E-state index in [1.54, 1.807) is 0 Å². The second-order valence-corrected chi connectivity index (χ2v) is 4.78. The van der Waals surface area contributed by atoms with Gasteiger partial charge in [0, 0.05) is 11.6 Å². The molecule has 1 amide bonds. The second-order valence-electron chi connectivity index (χ2n) is 4.35. The van der Waals surface area contributed by atoms with Gasteiger partial charge in [0.25, 0.3) is 0 Å². The summed E-state index contributed by atoms with van der Waals surface area (Å²) in [6.45, 7) is 1.51. The van der Waals surface area contributed by atoms with Crippen molar-refractivity contribution in [1.29, 1.82) is 0 Å². The predicted molar refractivity (Wildman–Crippen MR) is 76.2 cm³/mol. The third-order valence-corrected chi connectivity index (χ3v) is 3.26. The molecule has 1 aromatic carbocycles. The number of carbonyl (C=O) groups is 1. The molecule has 5 heteroatoms. The van der Waals surface area contributed by atoms with Crippen LogP contribution in [-0.4, -0.2) is 18.5 Å². The van der Waals surface area contributed by atoms with E-state index >= 15 is 0 Å². The Balaban J connectivity index is 0.00000162. The number of piperidine rings is 1. The van der Waals surface area contributed by atoms with Gasteiger partial charge < -0.3 is 10.6 Å². The quantitative estimate of drug-likeness (QED) is 0.897. The van der Waals surface area contributed by atoms with Crippen LogP contribution in [0.2, 0.25) is 5.02 Å². The highest BCUT2D eigenvalue weighted by atomic mass is 35.5. The molecule has 0 unspecified atom stereocenters. The second kappa shape index (κ2) is 7.62. The number of amides is 1. The topological polar surface area (TPSA) is 41.1 Å². The lowest BCUT2D eigenvalue weighted by molar-refractivity contribution is -0.123. The number of carbonyl (C=O) groups excluding carboxylic acids is 1. The molecular formula is C13H18Cl2N2O. The van der Waals surface area contributed by atoms with E-state index in [1.807, 2.05) is 24.3 Å². The molecule has 3 nitrogen and oxygen atoms in total. The van der Waals surface area contributed by atoms with Gasteiger partial charge in [-0.2, -0.15) is 0 Å². The first-order valence-corrected chi connectivity index (χ1v) is 6.39. The summed E-state index contributed by atoms with van der Waals surface area (Å²) in [6, 6.07) is 7.51. The van der Waals surface area contributed by atoms with E-state index in [-0.39, 0.29) is 24.4 Å². The SMILES string of the molecule is Cl.O=C(NCc1ccc(Cl)cc1)[C@@H]1CCCCN1. The molecule has 0 radical (unpaired) electrons. The Labute approximate surface area is 119 Å². The molecule has 1 fully saturated rings. The zero-order valence-electron chi connectivity index (χ0n) is 10.1. The normalized spacial score (nSPS) is 18.8. The van der Waals surface area contributed by atoms with Gasteiger partial charge in [-0.1, -0.05) is 30.2 Å². The third kappa shape index (κ3) is 4.48. The van der Waals surface area contributed by atoms with Gasteiger partial charge in [-0.15, -0.1) is 12.4 Å². The number of benzene rings is 1. The van der Waals surface area contributed by atoms with Crippen molar-refractivity contribution in [1.82, 2.24) is 10.6 Å². The molecule has 100 valence electrons. The predicted octanol–water partition coefficient (Wildman–Crippen LogP) is 2.52. The van der Waals surface area contributed by atoms with Crippen LogP contribution < -0.4 is 10.6 Å². The molecule has 18 heavy (non-hydrogen) atoms. The molecule has 0 saturated carbocycles. The van der Waals surface area contributed by atoms with Crippen LogP contribution in [-0.2, 0) is 11.3 Å². The van der Waals surface area contributed by atoms with Crippen molar-refractivity contribution in [2.24, 2.45) is 0 Å². The standard InChI is InChI=1S/C13H17ClN2O.ClH/c14-11-6-4-10(5-7-11)9-16-13(17)12-3-1-2-8-15-12;/h4-7,12,15H,1-3,8-9H2,(H,16,17);1H/t12-;/m0./s1. The molecule has 2 rings (SSSR count). The molecule has 1 saturated heterocycles. The van der Waals surface area contributed by atoms with Crippen LogP contribution in [0.25, 0.3) is 0 Å². The minimum atomic E-state index is -0.0175. The summed E-state index contributed by atoms with van der Waals surface area (Å²) in [6.07, 6.45) is 3.24. The summed E-state index contributed by atoms with van der Waals surface area (Å²) in [7, 11) is 0. The van der Waals surface area contributed by atoms with Crippen LogP contribution in [0, 0.1) is 0 Å². The highest BCUT2D eigenvalue weighted by Gasteiger charge is 2.19. The van der Waals surface area contributed by atoms with Gasteiger partial charge in [-0.3, -0.25) is 4.79 Å². The molecule has 1 aromatic rings. The fourth-order valence-corrected chi connectivity index (χ4v) is 2.12. The largest absolute Gasteiger partial charge is 0.351 e. The Bertz CT molecular complexity index is 375. The molecular weight excluding hydrogens is 271 g/mol. The maximum atomic E-state index is 11.8. The van der Waals surface area contributed by atoms with Crippen molar-refractivity contribution in [3.8, 4) is 0 Å². The van der Waals surface area contributed by atoms with Crippen LogP contribution >= 0.6 is 24.0 Å². The molecule has 0 spiro atoms. The lowest BCUT2D eigenvalue weighted by Crippen LogP contribution is -2.46.